The average Bonchev–Trinajstić information content (AvgIpc) is 2.39. The van der Waals surface area contributed by atoms with E-state index >= 15 is 0 Å². The second-order valence-corrected chi connectivity index (χ2v) is 4.46. The van der Waals surface area contributed by atoms with E-state index in [2.05, 4.69) is 33.2 Å². The number of benzene rings is 1. The molecule has 1 saturated heterocycles. The van der Waals surface area contributed by atoms with Crippen molar-refractivity contribution in [3.8, 4) is 0 Å². The van der Waals surface area contributed by atoms with Gasteiger partial charge in [0.25, 0.3) is 0 Å². The standard InChI is InChI=1S/C13H16N4/c1-10-8-14-6-7-17(10)13-11-4-2-3-5-12(11)15-9-16-13/h2-5,9-10,14H,6-8H2,1H3. The number of aromatic nitrogens is 2. The number of piperazine rings is 1. The molecule has 0 radical (unpaired) electrons. The van der Waals surface area contributed by atoms with Crippen LogP contribution in [0.5, 0.6) is 0 Å². The van der Waals surface area contributed by atoms with E-state index < -0.39 is 0 Å². The summed E-state index contributed by atoms with van der Waals surface area (Å²) in [6.45, 7) is 5.26. The fraction of sp³-hybridized carbons (Fsp3) is 0.385. The molecule has 0 amide bonds. The first-order valence-electron chi connectivity index (χ1n) is 6.03. The molecule has 1 aromatic carbocycles. The van der Waals surface area contributed by atoms with Gasteiger partial charge in [-0.25, -0.2) is 9.97 Å². The zero-order valence-electron chi connectivity index (χ0n) is 9.93. The number of rotatable bonds is 1. The maximum atomic E-state index is 4.47. The van der Waals surface area contributed by atoms with Crippen molar-refractivity contribution in [3.63, 3.8) is 0 Å². The number of hydrogen-bond donors (Lipinski definition) is 1. The summed E-state index contributed by atoms with van der Waals surface area (Å²) in [5, 5.41) is 4.54. The van der Waals surface area contributed by atoms with Crippen molar-refractivity contribution in [1.29, 1.82) is 0 Å². The molecule has 3 rings (SSSR count). The van der Waals surface area contributed by atoms with E-state index in [-0.39, 0.29) is 0 Å². The Morgan fingerprint density at radius 2 is 2.18 bits per heavy atom. The fourth-order valence-corrected chi connectivity index (χ4v) is 2.38. The first-order chi connectivity index (χ1) is 8.36. The van der Waals surface area contributed by atoms with E-state index in [9.17, 15) is 0 Å². The summed E-state index contributed by atoms with van der Waals surface area (Å²) >= 11 is 0. The zero-order valence-corrected chi connectivity index (χ0v) is 9.93. The quantitative estimate of drug-likeness (QED) is 0.801. The van der Waals surface area contributed by atoms with Gasteiger partial charge in [0.15, 0.2) is 0 Å². The molecule has 1 aromatic heterocycles. The lowest BCUT2D eigenvalue weighted by Gasteiger charge is -2.35. The highest BCUT2D eigenvalue weighted by atomic mass is 15.3. The van der Waals surface area contributed by atoms with Crippen molar-refractivity contribution in [3.05, 3.63) is 30.6 Å². The van der Waals surface area contributed by atoms with Crippen LogP contribution in [-0.2, 0) is 0 Å². The molecule has 1 N–H and O–H groups in total. The Morgan fingerprint density at radius 3 is 3.06 bits per heavy atom. The summed E-state index contributed by atoms with van der Waals surface area (Å²) in [6, 6.07) is 8.66. The second-order valence-electron chi connectivity index (χ2n) is 4.46. The minimum Gasteiger partial charge on any atom is -0.351 e. The summed E-state index contributed by atoms with van der Waals surface area (Å²) in [4.78, 5) is 11.1. The van der Waals surface area contributed by atoms with E-state index in [1.54, 1.807) is 6.33 Å². The number of hydrogen-bond acceptors (Lipinski definition) is 4. The van der Waals surface area contributed by atoms with Crippen molar-refractivity contribution < 1.29 is 0 Å². The monoisotopic (exact) mass is 228 g/mol. The molecule has 4 nitrogen and oxygen atoms in total. The molecule has 0 saturated carbocycles. The third-order valence-electron chi connectivity index (χ3n) is 3.30. The van der Waals surface area contributed by atoms with Crippen LogP contribution >= 0.6 is 0 Å². The molecule has 0 bridgehead atoms. The lowest BCUT2D eigenvalue weighted by Crippen LogP contribution is -2.50. The molecule has 17 heavy (non-hydrogen) atoms. The molecule has 1 aliphatic heterocycles. The molecule has 1 unspecified atom stereocenters. The van der Waals surface area contributed by atoms with E-state index in [1.165, 1.54) is 0 Å². The van der Waals surface area contributed by atoms with Crippen LogP contribution in [0.25, 0.3) is 10.9 Å². The van der Waals surface area contributed by atoms with Crippen LogP contribution in [0.15, 0.2) is 30.6 Å². The van der Waals surface area contributed by atoms with Crippen LogP contribution in [0.2, 0.25) is 0 Å². The van der Waals surface area contributed by atoms with Gasteiger partial charge in [0.05, 0.1) is 5.52 Å². The Hall–Kier alpha value is -1.68. The van der Waals surface area contributed by atoms with Crippen molar-refractivity contribution in [1.82, 2.24) is 15.3 Å². The van der Waals surface area contributed by atoms with Gasteiger partial charge in [-0.1, -0.05) is 12.1 Å². The third kappa shape index (κ3) is 1.85. The Bertz CT molecular complexity index is 520. The number of nitrogens with zero attached hydrogens (tertiary/aromatic N) is 3. The maximum Gasteiger partial charge on any atom is 0.140 e. The minimum absolute atomic E-state index is 0.474. The Balaban J connectivity index is 2.10. The van der Waals surface area contributed by atoms with Gasteiger partial charge in [-0.2, -0.15) is 0 Å². The average molecular weight is 228 g/mol. The molecule has 88 valence electrons. The van der Waals surface area contributed by atoms with Gasteiger partial charge < -0.3 is 10.2 Å². The number of fused-ring (bicyclic) bond motifs is 1. The highest BCUT2D eigenvalue weighted by Crippen LogP contribution is 2.24. The molecule has 0 spiro atoms. The van der Waals surface area contributed by atoms with Crippen molar-refractivity contribution in [2.75, 3.05) is 24.5 Å². The van der Waals surface area contributed by atoms with Crippen LogP contribution in [0.4, 0.5) is 5.82 Å². The topological polar surface area (TPSA) is 41.0 Å². The summed E-state index contributed by atoms with van der Waals surface area (Å²) in [6.07, 6.45) is 1.66. The molecule has 1 aliphatic rings. The molecule has 2 heterocycles. The van der Waals surface area contributed by atoms with Crippen LogP contribution in [0.3, 0.4) is 0 Å². The predicted molar refractivity (Wildman–Crippen MR) is 69.2 cm³/mol. The Labute approximate surface area is 101 Å². The normalized spacial score (nSPS) is 20.8. The lowest BCUT2D eigenvalue weighted by molar-refractivity contribution is 0.498. The SMILES string of the molecule is CC1CNCCN1c1ncnc2ccccc12. The first-order valence-corrected chi connectivity index (χ1v) is 6.03. The van der Waals surface area contributed by atoms with Gasteiger partial charge >= 0.3 is 0 Å². The summed E-state index contributed by atoms with van der Waals surface area (Å²) in [7, 11) is 0. The summed E-state index contributed by atoms with van der Waals surface area (Å²) in [5.74, 6) is 1.06. The molecular weight excluding hydrogens is 212 g/mol. The Morgan fingerprint density at radius 1 is 1.29 bits per heavy atom. The number of para-hydroxylation sites is 1. The first kappa shape index (κ1) is 10.5. The summed E-state index contributed by atoms with van der Waals surface area (Å²) in [5.41, 5.74) is 1.02. The highest BCUT2D eigenvalue weighted by molar-refractivity contribution is 5.89. The maximum absolute atomic E-state index is 4.47. The molecule has 1 atom stereocenters. The molecule has 4 heteroatoms. The van der Waals surface area contributed by atoms with Crippen LogP contribution < -0.4 is 10.2 Å². The smallest absolute Gasteiger partial charge is 0.140 e. The summed E-state index contributed by atoms with van der Waals surface area (Å²) < 4.78 is 0. The van der Waals surface area contributed by atoms with E-state index in [0.29, 0.717) is 6.04 Å². The van der Waals surface area contributed by atoms with Gasteiger partial charge in [-0.05, 0) is 19.1 Å². The second kappa shape index (κ2) is 4.30. The fourth-order valence-electron chi connectivity index (χ4n) is 2.38. The lowest BCUT2D eigenvalue weighted by atomic mass is 10.1. The largest absolute Gasteiger partial charge is 0.351 e. The number of anilines is 1. The van der Waals surface area contributed by atoms with Gasteiger partial charge in [0.2, 0.25) is 0 Å². The van der Waals surface area contributed by atoms with Crippen molar-refractivity contribution in [2.24, 2.45) is 0 Å². The highest BCUT2D eigenvalue weighted by Gasteiger charge is 2.20. The number of nitrogens with one attached hydrogen (secondary N) is 1. The van der Waals surface area contributed by atoms with Crippen LogP contribution in [0.1, 0.15) is 6.92 Å². The van der Waals surface area contributed by atoms with E-state index in [0.717, 1.165) is 36.4 Å². The van der Waals surface area contributed by atoms with E-state index in [1.807, 2.05) is 18.2 Å². The predicted octanol–water partition coefficient (Wildman–Crippen LogP) is 1.43. The van der Waals surface area contributed by atoms with Gasteiger partial charge in [0, 0.05) is 31.1 Å². The molecule has 0 aliphatic carbocycles. The van der Waals surface area contributed by atoms with Crippen LogP contribution in [0, 0.1) is 0 Å². The van der Waals surface area contributed by atoms with Crippen molar-refractivity contribution in [2.45, 2.75) is 13.0 Å². The Kier molecular flexibility index (Phi) is 2.65. The molecule has 2 aromatic rings. The minimum atomic E-state index is 0.474. The van der Waals surface area contributed by atoms with Gasteiger partial charge in [0.1, 0.15) is 12.1 Å². The zero-order chi connectivity index (χ0) is 11.7. The van der Waals surface area contributed by atoms with Crippen molar-refractivity contribution >= 4 is 16.7 Å². The van der Waals surface area contributed by atoms with Crippen LogP contribution in [-0.4, -0.2) is 35.6 Å². The molecular formula is C13H16N4. The third-order valence-corrected chi connectivity index (χ3v) is 3.30. The van der Waals surface area contributed by atoms with Gasteiger partial charge in [-0.15, -0.1) is 0 Å². The van der Waals surface area contributed by atoms with Gasteiger partial charge in [-0.3, -0.25) is 0 Å². The van der Waals surface area contributed by atoms with E-state index in [4.69, 9.17) is 0 Å². The molecule has 1 fully saturated rings.